The number of methoxy groups -OCH3 is 2. The van der Waals surface area contributed by atoms with Crippen molar-refractivity contribution in [1.82, 2.24) is 14.7 Å². The van der Waals surface area contributed by atoms with Crippen LogP contribution in [-0.2, 0) is 18.4 Å². The van der Waals surface area contributed by atoms with Crippen LogP contribution in [-0.4, -0.2) is 48.4 Å². The monoisotopic (exact) mass is 360 g/mol. The minimum atomic E-state index is -0.0650. The Morgan fingerprint density at radius 1 is 1.19 bits per heavy atom. The summed E-state index contributed by atoms with van der Waals surface area (Å²) in [5, 5.41) is 7.28. The minimum absolute atomic E-state index is 0.0650. The van der Waals surface area contributed by atoms with Gasteiger partial charge < -0.3 is 14.8 Å². The van der Waals surface area contributed by atoms with Gasteiger partial charge in [0.15, 0.2) is 11.5 Å². The van der Waals surface area contributed by atoms with Crippen LogP contribution >= 0.6 is 0 Å². The van der Waals surface area contributed by atoms with Gasteiger partial charge in [-0.3, -0.25) is 14.4 Å². The minimum Gasteiger partial charge on any atom is -0.493 e. The number of carbonyl (C=O) groups is 1. The standard InChI is InChI=1S/C19H28N4O3/c1-12-8-16(25-6)17(26-7)9-15(12)10-22(4)11-18(24)20-19-13(2)21-23(5)14(19)3/h8-9H,10-11H2,1-7H3,(H,20,24). The Hall–Kier alpha value is -2.54. The summed E-state index contributed by atoms with van der Waals surface area (Å²) in [6.07, 6.45) is 0. The highest BCUT2D eigenvalue weighted by Gasteiger charge is 2.15. The maximum absolute atomic E-state index is 12.4. The number of aromatic nitrogens is 2. The molecule has 0 fully saturated rings. The largest absolute Gasteiger partial charge is 0.493 e. The second-order valence-corrected chi connectivity index (χ2v) is 6.52. The number of carbonyl (C=O) groups excluding carboxylic acids is 1. The van der Waals surface area contributed by atoms with Gasteiger partial charge in [0.2, 0.25) is 5.91 Å². The first-order valence-electron chi connectivity index (χ1n) is 8.46. The van der Waals surface area contributed by atoms with Gasteiger partial charge in [0.1, 0.15) is 0 Å². The van der Waals surface area contributed by atoms with E-state index in [-0.39, 0.29) is 12.5 Å². The summed E-state index contributed by atoms with van der Waals surface area (Å²) in [5.74, 6) is 1.33. The van der Waals surface area contributed by atoms with E-state index in [0.29, 0.717) is 18.0 Å². The molecule has 1 aromatic heterocycles. The molecule has 0 aliphatic rings. The molecule has 0 radical (unpaired) electrons. The lowest BCUT2D eigenvalue weighted by molar-refractivity contribution is -0.117. The molecule has 1 heterocycles. The van der Waals surface area contributed by atoms with Crippen LogP contribution in [0.3, 0.4) is 0 Å². The van der Waals surface area contributed by atoms with E-state index in [1.165, 1.54) is 0 Å². The molecule has 0 saturated carbocycles. The number of amides is 1. The van der Waals surface area contributed by atoms with Gasteiger partial charge in [-0.1, -0.05) is 0 Å². The molecule has 0 aliphatic heterocycles. The third-order valence-electron chi connectivity index (χ3n) is 4.47. The van der Waals surface area contributed by atoms with Crippen LogP contribution in [0, 0.1) is 20.8 Å². The van der Waals surface area contributed by atoms with Crippen molar-refractivity contribution in [3.63, 3.8) is 0 Å². The molecule has 0 unspecified atom stereocenters. The Morgan fingerprint density at radius 2 is 1.81 bits per heavy atom. The molecular formula is C19H28N4O3. The van der Waals surface area contributed by atoms with Crippen molar-refractivity contribution in [2.75, 3.05) is 33.1 Å². The predicted octanol–water partition coefficient (Wildman–Crippen LogP) is 2.43. The number of anilines is 1. The zero-order valence-corrected chi connectivity index (χ0v) is 16.6. The van der Waals surface area contributed by atoms with Crippen LogP contribution in [0.15, 0.2) is 12.1 Å². The SMILES string of the molecule is COc1cc(C)c(CN(C)CC(=O)Nc2c(C)nn(C)c2C)cc1OC. The van der Waals surface area contributed by atoms with Gasteiger partial charge in [0.25, 0.3) is 0 Å². The number of ether oxygens (including phenoxy) is 2. The maximum Gasteiger partial charge on any atom is 0.238 e. The first kappa shape index (κ1) is 19.8. The van der Waals surface area contributed by atoms with Crippen molar-refractivity contribution in [2.24, 2.45) is 7.05 Å². The molecule has 0 saturated heterocycles. The fraction of sp³-hybridized carbons (Fsp3) is 0.474. The molecule has 0 spiro atoms. The quantitative estimate of drug-likeness (QED) is 0.821. The fourth-order valence-corrected chi connectivity index (χ4v) is 2.92. The number of nitrogens with zero attached hydrogens (tertiary/aromatic N) is 3. The van der Waals surface area contributed by atoms with Gasteiger partial charge in [-0.05, 0) is 51.1 Å². The average molecular weight is 360 g/mol. The maximum atomic E-state index is 12.4. The van der Waals surface area contributed by atoms with E-state index < -0.39 is 0 Å². The summed E-state index contributed by atoms with van der Waals surface area (Å²) in [6, 6.07) is 3.91. The zero-order valence-electron chi connectivity index (χ0n) is 16.6. The van der Waals surface area contributed by atoms with Gasteiger partial charge in [-0.15, -0.1) is 0 Å². The number of aryl methyl sites for hydroxylation is 3. The van der Waals surface area contributed by atoms with E-state index in [2.05, 4.69) is 10.4 Å². The van der Waals surface area contributed by atoms with E-state index in [1.54, 1.807) is 18.9 Å². The highest BCUT2D eigenvalue weighted by Crippen LogP contribution is 2.30. The number of hydrogen-bond donors (Lipinski definition) is 1. The summed E-state index contributed by atoms with van der Waals surface area (Å²) in [7, 11) is 7.02. The molecule has 1 aromatic carbocycles. The molecule has 0 bridgehead atoms. The topological polar surface area (TPSA) is 68.6 Å². The third-order valence-corrected chi connectivity index (χ3v) is 4.47. The molecule has 1 N–H and O–H groups in total. The average Bonchev–Trinajstić information content (AvgIpc) is 2.82. The molecule has 2 aromatic rings. The van der Waals surface area contributed by atoms with E-state index in [4.69, 9.17) is 9.47 Å². The summed E-state index contributed by atoms with van der Waals surface area (Å²) >= 11 is 0. The number of rotatable bonds is 7. The molecular weight excluding hydrogens is 332 g/mol. The summed E-state index contributed by atoms with van der Waals surface area (Å²) < 4.78 is 12.5. The highest BCUT2D eigenvalue weighted by atomic mass is 16.5. The van der Waals surface area contributed by atoms with E-state index in [1.807, 2.05) is 51.9 Å². The highest BCUT2D eigenvalue weighted by molar-refractivity contribution is 5.93. The second kappa shape index (κ2) is 8.23. The number of hydrogen-bond acceptors (Lipinski definition) is 5. The number of benzene rings is 1. The smallest absolute Gasteiger partial charge is 0.238 e. The van der Waals surface area contributed by atoms with Crippen LogP contribution < -0.4 is 14.8 Å². The van der Waals surface area contributed by atoms with Gasteiger partial charge in [0, 0.05) is 13.6 Å². The van der Waals surface area contributed by atoms with Crippen molar-refractivity contribution in [1.29, 1.82) is 0 Å². The zero-order chi connectivity index (χ0) is 19.4. The van der Waals surface area contributed by atoms with E-state index in [9.17, 15) is 4.79 Å². The van der Waals surface area contributed by atoms with Gasteiger partial charge in [-0.25, -0.2) is 0 Å². The lowest BCUT2D eigenvalue weighted by Gasteiger charge is -2.19. The molecule has 26 heavy (non-hydrogen) atoms. The molecule has 7 heteroatoms. The molecule has 142 valence electrons. The van der Waals surface area contributed by atoms with Crippen molar-refractivity contribution >= 4 is 11.6 Å². The Bertz CT molecular complexity index is 799. The van der Waals surface area contributed by atoms with E-state index >= 15 is 0 Å². The van der Waals surface area contributed by atoms with Crippen LogP contribution in [0.5, 0.6) is 11.5 Å². The van der Waals surface area contributed by atoms with E-state index in [0.717, 1.165) is 28.2 Å². The van der Waals surface area contributed by atoms with Crippen molar-refractivity contribution < 1.29 is 14.3 Å². The number of likely N-dealkylation sites (N-methyl/N-ethyl adjacent to an activating group) is 1. The van der Waals surface area contributed by atoms with Crippen LogP contribution in [0.1, 0.15) is 22.5 Å². The fourth-order valence-electron chi connectivity index (χ4n) is 2.92. The Kier molecular flexibility index (Phi) is 6.26. The van der Waals surface area contributed by atoms with Crippen molar-refractivity contribution in [2.45, 2.75) is 27.3 Å². The normalized spacial score (nSPS) is 10.9. The second-order valence-electron chi connectivity index (χ2n) is 6.52. The number of nitrogens with one attached hydrogen (secondary N) is 1. The third kappa shape index (κ3) is 4.35. The van der Waals surface area contributed by atoms with Crippen LogP contribution in [0.25, 0.3) is 0 Å². The molecule has 1 amide bonds. The Labute approximate surface area is 154 Å². The Balaban J connectivity index is 2.04. The molecule has 2 rings (SSSR count). The lowest BCUT2D eigenvalue weighted by atomic mass is 10.1. The first-order valence-corrected chi connectivity index (χ1v) is 8.46. The molecule has 0 atom stereocenters. The van der Waals surface area contributed by atoms with Gasteiger partial charge >= 0.3 is 0 Å². The van der Waals surface area contributed by atoms with Crippen molar-refractivity contribution in [3.05, 3.63) is 34.6 Å². The summed E-state index contributed by atoms with van der Waals surface area (Å²) in [6.45, 7) is 6.76. The summed E-state index contributed by atoms with van der Waals surface area (Å²) in [5.41, 5.74) is 4.72. The predicted molar refractivity (Wildman–Crippen MR) is 102 cm³/mol. The molecule has 0 aliphatic carbocycles. The molecule has 7 nitrogen and oxygen atoms in total. The lowest BCUT2D eigenvalue weighted by Crippen LogP contribution is -2.30. The van der Waals surface area contributed by atoms with Gasteiger partial charge in [0.05, 0.1) is 37.8 Å². The van der Waals surface area contributed by atoms with Gasteiger partial charge in [-0.2, -0.15) is 5.10 Å². The first-order chi connectivity index (χ1) is 12.3. The van der Waals surface area contributed by atoms with Crippen LogP contribution in [0.4, 0.5) is 5.69 Å². The van der Waals surface area contributed by atoms with Crippen LogP contribution in [0.2, 0.25) is 0 Å². The summed E-state index contributed by atoms with van der Waals surface area (Å²) in [4.78, 5) is 14.4. The van der Waals surface area contributed by atoms with Crippen molar-refractivity contribution in [3.8, 4) is 11.5 Å². The Morgan fingerprint density at radius 3 is 2.35 bits per heavy atom.